The molecule has 0 atom stereocenters. The Morgan fingerprint density at radius 1 is 1.83 bits per heavy atom. The first-order chi connectivity index (χ1) is 2.81. The minimum Gasteiger partial charge on any atom is -0.0962 e. The predicted octanol–water partition coefficient (Wildman–Crippen LogP) is 0.666. The number of allylic oxidation sites excluding steroid dienone is 2. The third kappa shape index (κ3) is 2.21. The quantitative estimate of drug-likeness (QED) is 0.425. The molecule has 0 amide bonds. The van der Waals surface area contributed by atoms with Gasteiger partial charge in [0.15, 0.2) is 0 Å². The molecular formula is C5H12Si. The van der Waals surface area contributed by atoms with Crippen molar-refractivity contribution in [2.75, 3.05) is 0 Å². The van der Waals surface area contributed by atoms with E-state index in [9.17, 15) is 0 Å². The summed E-state index contributed by atoms with van der Waals surface area (Å²) in [6.45, 7) is 4.30. The lowest BCUT2D eigenvalue weighted by molar-refractivity contribution is 1.19. The molecule has 0 spiro atoms. The van der Waals surface area contributed by atoms with Crippen LogP contribution in [-0.4, -0.2) is 10.2 Å². The van der Waals surface area contributed by atoms with Gasteiger partial charge in [0, 0.05) is 10.2 Å². The van der Waals surface area contributed by atoms with E-state index in [1.165, 1.54) is 16.7 Å². The Kier molecular flexibility index (Phi) is 3.14. The third-order valence-corrected chi connectivity index (χ3v) is 2.33. The zero-order chi connectivity index (χ0) is 4.99. The largest absolute Gasteiger partial charge is 0.0962 e. The van der Waals surface area contributed by atoms with Crippen molar-refractivity contribution >= 4 is 10.2 Å². The van der Waals surface area contributed by atoms with E-state index in [-0.39, 0.29) is 0 Å². The molecule has 0 rings (SSSR count). The molecule has 0 N–H and O–H groups in total. The molecule has 0 aromatic heterocycles. The fourth-order valence-electron chi connectivity index (χ4n) is 0.204. The van der Waals surface area contributed by atoms with Crippen LogP contribution in [0.5, 0.6) is 0 Å². The Labute approximate surface area is 42.7 Å². The molecular weight excluding hydrogens is 88.1 g/mol. The molecule has 36 valence electrons. The Bertz CT molecular complexity index is 55.0. The summed E-state index contributed by atoms with van der Waals surface area (Å²) in [6.07, 6.45) is 3.45. The summed E-state index contributed by atoms with van der Waals surface area (Å²) < 4.78 is 0. The van der Waals surface area contributed by atoms with Gasteiger partial charge in [0.2, 0.25) is 0 Å². The third-order valence-electron chi connectivity index (χ3n) is 1.05. The maximum Gasteiger partial charge on any atom is 0.0328 e. The molecule has 0 aromatic carbocycles. The average molecular weight is 100 g/mol. The van der Waals surface area contributed by atoms with E-state index in [2.05, 4.69) is 19.9 Å². The van der Waals surface area contributed by atoms with Gasteiger partial charge in [-0.15, -0.1) is 0 Å². The van der Waals surface area contributed by atoms with Gasteiger partial charge >= 0.3 is 0 Å². The fraction of sp³-hybridized carbons (Fsp3) is 0.600. The summed E-state index contributed by atoms with van der Waals surface area (Å²) >= 11 is 0. The van der Waals surface area contributed by atoms with Gasteiger partial charge < -0.3 is 0 Å². The van der Waals surface area contributed by atoms with E-state index in [0.717, 1.165) is 0 Å². The summed E-state index contributed by atoms with van der Waals surface area (Å²) in [7, 11) is 1.25. The van der Waals surface area contributed by atoms with E-state index in [1.54, 1.807) is 5.20 Å². The lowest BCUT2D eigenvalue weighted by atomic mass is 10.4. The van der Waals surface area contributed by atoms with Crippen molar-refractivity contribution in [1.82, 2.24) is 0 Å². The van der Waals surface area contributed by atoms with E-state index in [1.807, 2.05) is 0 Å². The molecule has 0 aliphatic heterocycles. The maximum absolute atomic E-state index is 2.20. The zero-order valence-electron chi connectivity index (χ0n) is 4.78. The van der Waals surface area contributed by atoms with E-state index in [0.29, 0.717) is 0 Å². The molecule has 0 aromatic rings. The molecule has 1 heteroatoms. The van der Waals surface area contributed by atoms with Gasteiger partial charge in [-0.2, -0.15) is 0 Å². The van der Waals surface area contributed by atoms with Crippen molar-refractivity contribution in [2.24, 2.45) is 0 Å². The highest BCUT2D eigenvalue weighted by Gasteiger charge is 1.73. The van der Waals surface area contributed by atoms with Crippen LogP contribution in [0.25, 0.3) is 0 Å². The lowest BCUT2D eigenvalue weighted by Crippen LogP contribution is -1.72. The minimum atomic E-state index is 1.25. The van der Waals surface area contributed by atoms with Crippen molar-refractivity contribution < 1.29 is 0 Å². The molecule has 0 aliphatic rings. The van der Waals surface area contributed by atoms with Crippen LogP contribution in [0.15, 0.2) is 11.3 Å². The smallest absolute Gasteiger partial charge is 0.0328 e. The zero-order valence-corrected chi connectivity index (χ0v) is 6.78. The van der Waals surface area contributed by atoms with E-state index < -0.39 is 0 Å². The van der Waals surface area contributed by atoms with Crippen LogP contribution < -0.4 is 0 Å². The van der Waals surface area contributed by atoms with Gasteiger partial charge in [-0.05, 0) is 13.3 Å². The lowest BCUT2D eigenvalue weighted by Gasteiger charge is -1.85. The van der Waals surface area contributed by atoms with Crippen molar-refractivity contribution in [3.63, 3.8) is 0 Å². The first kappa shape index (κ1) is 5.96. The summed E-state index contributed by atoms with van der Waals surface area (Å²) in [5.41, 5.74) is 0. The summed E-state index contributed by atoms with van der Waals surface area (Å²) in [4.78, 5) is 0. The molecule has 0 saturated carbocycles. The number of hydrogen-bond donors (Lipinski definition) is 0. The SMILES string of the molecule is C/C=C(/[SiH3])CC. The van der Waals surface area contributed by atoms with Crippen molar-refractivity contribution in [3.8, 4) is 0 Å². The van der Waals surface area contributed by atoms with Crippen LogP contribution in [0.1, 0.15) is 20.3 Å². The first-order valence-electron chi connectivity index (χ1n) is 2.43. The van der Waals surface area contributed by atoms with Crippen LogP contribution >= 0.6 is 0 Å². The molecule has 0 saturated heterocycles. The second kappa shape index (κ2) is 3.16. The van der Waals surface area contributed by atoms with Crippen LogP contribution in [0.2, 0.25) is 0 Å². The molecule has 6 heavy (non-hydrogen) atoms. The summed E-state index contributed by atoms with van der Waals surface area (Å²) in [6, 6.07) is 0. The topological polar surface area (TPSA) is 0 Å². The Morgan fingerprint density at radius 2 is 2.33 bits per heavy atom. The van der Waals surface area contributed by atoms with Crippen molar-refractivity contribution in [3.05, 3.63) is 11.3 Å². The van der Waals surface area contributed by atoms with Crippen LogP contribution in [0.4, 0.5) is 0 Å². The normalized spacial score (nSPS) is 12.7. The number of hydrogen-bond acceptors (Lipinski definition) is 0. The van der Waals surface area contributed by atoms with Gasteiger partial charge in [-0.25, -0.2) is 0 Å². The summed E-state index contributed by atoms with van der Waals surface area (Å²) in [5.74, 6) is 0. The average Bonchev–Trinajstić information content (AvgIpc) is 1.65. The van der Waals surface area contributed by atoms with Crippen molar-refractivity contribution in [2.45, 2.75) is 20.3 Å². The number of rotatable bonds is 1. The van der Waals surface area contributed by atoms with E-state index in [4.69, 9.17) is 0 Å². The van der Waals surface area contributed by atoms with Crippen LogP contribution in [-0.2, 0) is 0 Å². The molecule has 0 heterocycles. The van der Waals surface area contributed by atoms with Gasteiger partial charge in [0.25, 0.3) is 0 Å². The molecule has 0 unspecified atom stereocenters. The highest BCUT2D eigenvalue weighted by atomic mass is 28.1. The molecule has 0 bridgehead atoms. The van der Waals surface area contributed by atoms with Gasteiger partial charge in [0.1, 0.15) is 0 Å². The summed E-state index contributed by atoms with van der Waals surface area (Å²) in [5, 5.41) is 1.61. The van der Waals surface area contributed by atoms with Crippen LogP contribution in [0, 0.1) is 0 Å². The molecule has 0 radical (unpaired) electrons. The Balaban J connectivity index is 3.22. The first-order valence-corrected chi connectivity index (χ1v) is 3.43. The van der Waals surface area contributed by atoms with E-state index >= 15 is 0 Å². The highest BCUT2D eigenvalue weighted by Crippen LogP contribution is 1.89. The maximum atomic E-state index is 2.20. The van der Waals surface area contributed by atoms with Gasteiger partial charge in [0.05, 0.1) is 0 Å². The highest BCUT2D eigenvalue weighted by molar-refractivity contribution is 6.21. The molecule has 0 aliphatic carbocycles. The molecule has 0 nitrogen and oxygen atoms in total. The predicted molar refractivity (Wildman–Crippen MR) is 34.0 cm³/mol. The van der Waals surface area contributed by atoms with Gasteiger partial charge in [-0.1, -0.05) is 18.2 Å². The monoisotopic (exact) mass is 100 g/mol. The molecule has 0 fully saturated rings. The van der Waals surface area contributed by atoms with Crippen molar-refractivity contribution in [1.29, 1.82) is 0 Å². The fourth-order valence-corrected chi connectivity index (χ4v) is 0.204. The second-order valence-electron chi connectivity index (χ2n) is 1.49. The standard InChI is InChI=1S/C5H12Si/c1-3-5(6)4-2/h3H,4H2,1-2,6H3/b5-3+. The van der Waals surface area contributed by atoms with Crippen LogP contribution in [0.3, 0.4) is 0 Å². The second-order valence-corrected chi connectivity index (χ2v) is 2.77. The Hall–Kier alpha value is -0.0431. The van der Waals surface area contributed by atoms with Gasteiger partial charge in [-0.3, -0.25) is 0 Å². The Morgan fingerprint density at radius 3 is 2.33 bits per heavy atom. The minimum absolute atomic E-state index is 1.25.